The zero-order chi connectivity index (χ0) is 13.9. The lowest BCUT2D eigenvalue weighted by Gasteiger charge is -2.09. The molecule has 0 aliphatic carbocycles. The Morgan fingerprint density at radius 2 is 1.84 bits per heavy atom. The highest BCUT2D eigenvalue weighted by molar-refractivity contribution is 6.31. The molecule has 2 aromatic rings. The summed E-state index contributed by atoms with van der Waals surface area (Å²) < 4.78 is 37.0. The van der Waals surface area contributed by atoms with Gasteiger partial charge in [-0.3, -0.25) is 0 Å². The van der Waals surface area contributed by atoms with Crippen molar-refractivity contribution in [2.24, 2.45) is 0 Å². The Morgan fingerprint density at radius 1 is 1.11 bits per heavy atom. The fourth-order valence-corrected chi connectivity index (χ4v) is 1.70. The van der Waals surface area contributed by atoms with Crippen LogP contribution in [-0.2, 0) is 12.7 Å². The smallest absolute Gasteiger partial charge is 0.366 e. The fraction of sp³-hybridized carbons (Fsp3) is 0.154. The van der Waals surface area contributed by atoms with Gasteiger partial charge in [-0.1, -0.05) is 29.8 Å². The molecule has 2 rings (SSSR count). The quantitative estimate of drug-likeness (QED) is 0.906. The molecule has 1 aromatic heterocycles. The molecule has 0 saturated heterocycles. The minimum atomic E-state index is -4.37. The maximum absolute atomic E-state index is 12.3. The summed E-state index contributed by atoms with van der Waals surface area (Å²) in [5.74, 6) is 0.368. The largest absolute Gasteiger partial charge is 0.417 e. The van der Waals surface area contributed by atoms with Crippen LogP contribution in [0.15, 0.2) is 42.6 Å². The molecule has 0 spiro atoms. The average Bonchev–Trinajstić information content (AvgIpc) is 2.37. The summed E-state index contributed by atoms with van der Waals surface area (Å²) in [5, 5.41) is 3.52. The lowest BCUT2D eigenvalue weighted by atomic mass is 10.2. The van der Waals surface area contributed by atoms with Crippen molar-refractivity contribution < 1.29 is 13.2 Å². The van der Waals surface area contributed by atoms with Gasteiger partial charge in [0.2, 0.25) is 0 Å². The van der Waals surface area contributed by atoms with Crippen LogP contribution in [0.25, 0.3) is 0 Å². The van der Waals surface area contributed by atoms with Crippen molar-refractivity contribution >= 4 is 17.4 Å². The van der Waals surface area contributed by atoms with E-state index in [1.54, 1.807) is 6.07 Å². The zero-order valence-corrected chi connectivity index (χ0v) is 10.5. The highest BCUT2D eigenvalue weighted by Gasteiger charge is 2.30. The highest BCUT2D eigenvalue weighted by Crippen LogP contribution is 2.28. The second-order valence-corrected chi connectivity index (χ2v) is 4.28. The molecule has 1 heterocycles. The molecule has 0 atom stereocenters. The molecule has 0 aliphatic rings. The third-order valence-electron chi connectivity index (χ3n) is 2.51. The van der Waals surface area contributed by atoms with E-state index in [-0.39, 0.29) is 0 Å². The molecule has 0 fully saturated rings. The number of nitrogens with one attached hydrogen (secondary N) is 1. The Kier molecular flexibility index (Phi) is 3.95. The third kappa shape index (κ3) is 3.61. The number of pyridine rings is 1. The number of halogens is 4. The van der Waals surface area contributed by atoms with Gasteiger partial charge in [0, 0.05) is 17.8 Å². The van der Waals surface area contributed by atoms with Gasteiger partial charge >= 0.3 is 6.18 Å². The normalized spacial score (nSPS) is 11.4. The predicted molar refractivity (Wildman–Crippen MR) is 68.0 cm³/mol. The van der Waals surface area contributed by atoms with E-state index in [0.717, 1.165) is 17.8 Å². The second-order valence-electron chi connectivity index (χ2n) is 3.87. The molecule has 1 aromatic carbocycles. The number of rotatable bonds is 3. The molecule has 19 heavy (non-hydrogen) atoms. The molecule has 0 unspecified atom stereocenters. The van der Waals surface area contributed by atoms with E-state index in [1.165, 1.54) is 6.07 Å². The Labute approximate surface area is 113 Å². The first-order valence-electron chi connectivity index (χ1n) is 5.47. The third-order valence-corrected chi connectivity index (χ3v) is 2.88. The summed E-state index contributed by atoms with van der Waals surface area (Å²) in [4.78, 5) is 3.72. The average molecular weight is 287 g/mol. The summed E-state index contributed by atoms with van der Waals surface area (Å²) in [6.07, 6.45) is -3.57. The monoisotopic (exact) mass is 286 g/mol. The lowest BCUT2D eigenvalue weighted by molar-refractivity contribution is -0.137. The Balaban J connectivity index is 2.03. The van der Waals surface area contributed by atoms with E-state index < -0.39 is 11.7 Å². The highest BCUT2D eigenvalue weighted by atomic mass is 35.5. The molecule has 0 saturated carbocycles. The van der Waals surface area contributed by atoms with Crippen LogP contribution < -0.4 is 5.32 Å². The molecule has 100 valence electrons. The van der Waals surface area contributed by atoms with Gasteiger partial charge in [-0.15, -0.1) is 0 Å². The van der Waals surface area contributed by atoms with Crippen molar-refractivity contribution in [1.82, 2.24) is 4.98 Å². The first-order chi connectivity index (χ1) is 8.97. The van der Waals surface area contributed by atoms with Gasteiger partial charge in [-0.2, -0.15) is 13.2 Å². The number of nitrogens with zero attached hydrogens (tertiary/aromatic N) is 1. The van der Waals surface area contributed by atoms with Gasteiger partial charge in [-0.05, 0) is 23.8 Å². The molecule has 1 N–H and O–H groups in total. The van der Waals surface area contributed by atoms with Crippen LogP contribution in [0.2, 0.25) is 5.02 Å². The van der Waals surface area contributed by atoms with Crippen molar-refractivity contribution in [2.75, 3.05) is 5.32 Å². The number of anilines is 1. The maximum atomic E-state index is 12.3. The Morgan fingerprint density at radius 3 is 2.42 bits per heavy atom. The summed E-state index contributed by atoms with van der Waals surface area (Å²) in [6, 6.07) is 9.51. The van der Waals surface area contributed by atoms with Crippen molar-refractivity contribution in [1.29, 1.82) is 0 Å². The van der Waals surface area contributed by atoms with Crippen molar-refractivity contribution in [3.05, 3.63) is 58.7 Å². The summed E-state index contributed by atoms with van der Waals surface area (Å²) in [5.41, 5.74) is 0.0849. The first kappa shape index (κ1) is 13.7. The van der Waals surface area contributed by atoms with E-state index in [9.17, 15) is 13.2 Å². The van der Waals surface area contributed by atoms with Crippen LogP contribution in [0.5, 0.6) is 0 Å². The van der Waals surface area contributed by atoms with Gasteiger partial charge in [0.1, 0.15) is 5.82 Å². The van der Waals surface area contributed by atoms with Crippen molar-refractivity contribution in [2.45, 2.75) is 12.7 Å². The second kappa shape index (κ2) is 5.48. The van der Waals surface area contributed by atoms with E-state index >= 15 is 0 Å². The Hall–Kier alpha value is -1.75. The summed E-state index contributed by atoms with van der Waals surface area (Å²) >= 11 is 5.97. The fourth-order valence-electron chi connectivity index (χ4n) is 1.49. The van der Waals surface area contributed by atoms with Gasteiger partial charge < -0.3 is 5.32 Å². The maximum Gasteiger partial charge on any atom is 0.417 e. The first-order valence-corrected chi connectivity index (χ1v) is 5.85. The summed E-state index contributed by atoms with van der Waals surface area (Å²) in [6.45, 7) is 0.401. The van der Waals surface area contributed by atoms with E-state index in [1.807, 2.05) is 18.2 Å². The molecule has 0 amide bonds. The van der Waals surface area contributed by atoms with E-state index in [0.29, 0.717) is 17.4 Å². The van der Waals surface area contributed by atoms with Gasteiger partial charge in [0.05, 0.1) is 5.56 Å². The number of hydrogen-bond acceptors (Lipinski definition) is 2. The zero-order valence-electron chi connectivity index (χ0n) is 9.71. The van der Waals surface area contributed by atoms with Crippen LogP contribution in [0.3, 0.4) is 0 Å². The van der Waals surface area contributed by atoms with Crippen molar-refractivity contribution in [3.8, 4) is 0 Å². The number of aromatic nitrogens is 1. The van der Waals surface area contributed by atoms with Crippen LogP contribution in [0.1, 0.15) is 11.1 Å². The molecule has 0 bridgehead atoms. The van der Waals surface area contributed by atoms with Crippen LogP contribution in [0, 0.1) is 0 Å². The topological polar surface area (TPSA) is 24.9 Å². The number of alkyl halides is 3. The lowest BCUT2D eigenvalue weighted by Crippen LogP contribution is -2.07. The Bertz CT molecular complexity index is 553. The molecular formula is C13H10ClF3N2. The van der Waals surface area contributed by atoms with Crippen LogP contribution >= 0.6 is 11.6 Å². The van der Waals surface area contributed by atoms with Gasteiger partial charge in [0.15, 0.2) is 0 Å². The van der Waals surface area contributed by atoms with Gasteiger partial charge in [-0.25, -0.2) is 4.98 Å². The molecule has 6 heteroatoms. The molecule has 2 nitrogen and oxygen atoms in total. The van der Waals surface area contributed by atoms with Gasteiger partial charge in [0.25, 0.3) is 0 Å². The molecule has 0 radical (unpaired) electrons. The van der Waals surface area contributed by atoms with Crippen LogP contribution in [0.4, 0.5) is 19.0 Å². The van der Waals surface area contributed by atoms with E-state index in [4.69, 9.17) is 11.6 Å². The standard InChI is InChI=1S/C13H10ClF3N2/c14-11-4-2-1-3-9(11)7-18-12-6-5-10(8-19-12)13(15,16)17/h1-6,8H,7H2,(H,18,19). The van der Waals surface area contributed by atoms with Crippen LogP contribution in [-0.4, -0.2) is 4.98 Å². The van der Waals surface area contributed by atoms with E-state index in [2.05, 4.69) is 10.3 Å². The molecule has 0 aliphatic heterocycles. The minimum Gasteiger partial charge on any atom is -0.366 e. The SMILES string of the molecule is FC(F)(F)c1ccc(NCc2ccccc2Cl)nc1. The minimum absolute atomic E-state index is 0.368. The number of hydrogen-bond donors (Lipinski definition) is 1. The van der Waals surface area contributed by atoms with Crippen molar-refractivity contribution in [3.63, 3.8) is 0 Å². The number of benzene rings is 1. The summed E-state index contributed by atoms with van der Waals surface area (Å²) in [7, 11) is 0. The predicted octanol–water partition coefficient (Wildman–Crippen LogP) is 4.37. The molecular weight excluding hydrogens is 277 g/mol.